The summed E-state index contributed by atoms with van der Waals surface area (Å²) in [6.07, 6.45) is 0.531. The van der Waals surface area contributed by atoms with Crippen LogP contribution in [0.3, 0.4) is 0 Å². The van der Waals surface area contributed by atoms with Crippen LogP contribution in [0.15, 0.2) is 71.8 Å². The molecule has 3 aromatic carbocycles. The van der Waals surface area contributed by atoms with E-state index in [1.807, 2.05) is 24.3 Å². The van der Waals surface area contributed by atoms with Crippen molar-refractivity contribution >= 4 is 46.5 Å². The molecule has 0 fully saturated rings. The molecule has 1 atom stereocenters. The quantitative estimate of drug-likeness (QED) is 0.512. The summed E-state index contributed by atoms with van der Waals surface area (Å²) in [6.45, 7) is 0. The third-order valence-corrected chi connectivity index (χ3v) is 5.52. The lowest BCUT2D eigenvalue weighted by Gasteiger charge is -2.24. The van der Waals surface area contributed by atoms with E-state index < -0.39 is 11.9 Å². The van der Waals surface area contributed by atoms with Crippen molar-refractivity contribution in [2.75, 3.05) is 5.01 Å². The average molecular weight is 455 g/mol. The Morgan fingerprint density at radius 1 is 0.839 bits per heavy atom. The van der Waals surface area contributed by atoms with E-state index in [1.165, 1.54) is 12.1 Å². The minimum Gasteiger partial charge on any atom is -0.478 e. The minimum absolute atomic E-state index is 0.125. The second-order valence-electron chi connectivity index (χ2n) is 7.05. The number of carboxylic acid groups (broad SMARTS) is 2. The lowest BCUT2D eigenvalue weighted by atomic mass is 9.98. The SMILES string of the molecule is O=C(O)c1cc(C(=O)O)cc(N2N=C(c3ccc(Cl)cc3)CC2c2ccc(Cl)cc2)c1. The first kappa shape index (κ1) is 20.9. The predicted molar refractivity (Wildman–Crippen MR) is 120 cm³/mol. The molecule has 156 valence electrons. The molecule has 0 bridgehead atoms. The number of aromatic carboxylic acids is 2. The number of halogens is 2. The van der Waals surface area contributed by atoms with Gasteiger partial charge in [0.2, 0.25) is 0 Å². The van der Waals surface area contributed by atoms with Crippen LogP contribution >= 0.6 is 23.2 Å². The van der Waals surface area contributed by atoms with Crippen LogP contribution in [0.5, 0.6) is 0 Å². The molecule has 0 saturated heterocycles. The maximum Gasteiger partial charge on any atom is 0.335 e. The zero-order valence-electron chi connectivity index (χ0n) is 16.0. The Balaban J connectivity index is 1.84. The largest absolute Gasteiger partial charge is 0.478 e. The molecular formula is C23H16Cl2N2O4. The molecule has 0 aromatic heterocycles. The number of hydrogen-bond donors (Lipinski definition) is 2. The fourth-order valence-corrected chi connectivity index (χ4v) is 3.75. The number of anilines is 1. The van der Waals surface area contributed by atoms with E-state index in [9.17, 15) is 19.8 Å². The van der Waals surface area contributed by atoms with Gasteiger partial charge in [-0.1, -0.05) is 47.5 Å². The van der Waals surface area contributed by atoms with Crippen molar-refractivity contribution in [2.24, 2.45) is 5.10 Å². The van der Waals surface area contributed by atoms with Crippen LogP contribution in [0.4, 0.5) is 5.69 Å². The first-order valence-corrected chi connectivity index (χ1v) is 10.1. The Hall–Kier alpha value is -3.35. The highest BCUT2D eigenvalue weighted by molar-refractivity contribution is 6.31. The van der Waals surface area contributed by atoms with Crippen molar-refractivity contribution in [1.29, 1.82) is 0 Å². The van der Waals surface area contributed by atoms with Crippen LogP contribution in [0.1, 0.15) is 44.3 Å². The smallest absolute Gasteiger partial charge is 0.335 e. The molecule has 31 heavy (non-hydrogen) atoms. The van der Waals surface area contributed by atoms with Crippen molar-refractivity contribution < 1.29 is 19.8 Å². The van der Waals surface area contributed by atoms with Crippen LogP contribution in [-0.4, -0.2) is 27.9 Å². The summed E-state index contributed by atoms with van der Waals surface area (Å²) in [7, 11) is 0. The molecule has 8 heteroatoms. The molecule has 1 heterocycles. The lowest BCUT2D eigenvalue weighted by Crippen LogP contribution is -2.19. The van der Waals surface area contributed by atoms with E-state index in [2.05, 4.69) is 0 Å². The fraction of sp³-hybridized carbons (Fsp3) is 0.0870. The van der Waals surface area contributed by atoms with Crippen LogP contribution < -0.4 is 5.01 Å². The maximum atomic E-state index is 11.6. The molecular weight excluding hydrogens is 439 g/mol. The van der Waals surface area contributed by atoms with Gasteiger partial charge in [-0.25, -0.2) is 9.59 Å². The van der Waals surface area contributed by atoms with Crippen molar-refractivity contribution in [3.63, 3.8) is 0 Å². The molecule has 2 N–H and O–H groups in total. The standard InChI is InChI=1S/C23H16Cl2N2O4/c24-17-5-1-13(2-6-17)20-12-21(14-3-7-18(25)8-4-14)27(26-20)19-10-15(22(28)29)9-16(11-19)23(30)31/h1-11,21H,12H2,(H,28,29)(H,30,31). The first-order valence-electron chi connectivity index (χ1n) is 9.31. The van der Waals surface area contributed by atoms with Gasteiger partial charge >= 0.3 is 11.9 Å². The monoisotopic (exact) mass is 454 g/mol. The highest BCUT2D eigenvalue weighted by Crippen LogP contribution is 2.38. The van der Waals surface area contributed by atoms with E-state index in [-0.39, 0.29) is 17.2 Å². The number of benzene rings is 3. The third-order valence-electron chi connectivity index (χ3n) is 5.02. The third kappa shape index (κ3) is 4.40. The van der Waals surface area contributed by atoms with Gasteiger partial charge in [-0.3, -0.25) is 5.01 Å². The number of hydrazone groups is 1. The van der Waals surface area contributed by atoms with Crippen LogP contribution in [0.2, 0.25) is 10.0 Å². The van der Waals surface area contributed by atoms with E-state index in [0.29, 0.717) is 22.2 Å². The lowest BCUT2D eigenvalue weighted by molar-refractivity contribution is 0.0696. The maximum absolute atomic E-state index is 11.6. The molecule has 0 radical (unpaired) electrons. The van der Waals surface area contributed by atoms with Gasteiger partial charge in [0.1, 0.15) is 0 Å². The molecule has 3 aromatic rings. The summed E-state index contributed by atoms with van der Waals surface area (Å²) in [4.78, 5) is 23.2. The van der Waals surface area contributed by atoms with Gasteiger partial charge in [-0.15, -0.1) is 0 Å². The normalized spacial score (nSPS) is 15.6. The molecule has 6 nitrogen and oxygen atoms in total. The number of carbonyl (C=O) groups is 2. The van der Waals surface area contributed by atoms with Gasteiger partial charge in [0, 0.05) is 16.5 Å². The molecule has 0 amide bonds. The number of rotatable bonds is 5. The molecule has 1 unspecified atom stereocenters. The van der Waals surface area contributed by atoms with Gasteiger partial charge in [0.25, 0.3) is 0 Å². The topological polar surface area (TPSA) is 90.2 Å². The summed E-state index contributed by atoms with van der Waals surface area (Å²) in [6, 6.07) is 18.3. The molecule has 1 aliphatic heterocycles. The minimum atomic E-state index is -1.21. The summed E-state index contributed by atoms with van der Waals surface area (Å²) in [5.41, 5.74) is 2.68. The van der Waals surface area contributed by atoms with Crippen LogP contribution in [-0.2, 0) is 0 Å². The zero-order chi connectivity index (χ0) is 22.1. The molecule has 0 spiro atoms. The van der Waals surface area contributed by atoms with Crippen molar-refractivity contribution in [3.05, 3.63) is 99.0 Å². The van der Waals surface area contributed by atoms with E-state index >= 15 is 0 Å². The zero-order valence-corrected chi connectivity index (χ0v) is 17.5. The van der Waals surface area contributed by atoms with E-state index in [1.54, 1.807) is 29.3 Å². The molecule has 0 saturated carbocycles. The van der Waals surface area contributed by atoms with Crippen LogP contribution in [0.25, 0.3) is 0 Å². The predicted octanol–water partition coefficient (Wildman–Crippen LogP) is 5.75. The first-order chi connectivity index (χ1) is 14.8. The number of hydrogen-bond acceptors (Lipinski definition) is 4. The summed E-state index contributed by atoms with van der Waals surface area (Å²) in [5.74, 6) is -2.43. The highest BCUT2D eigenvalue weighted by Gasteiger charge is 2.31. The van der Waals surface area contributed by atoms with Crippen molar-refractivity contribution in [1.82, 2.24) is 0 Å². The van der Waals surface area contributed by atoms with Gasteiger partial charge in [-0.2, -0.15) is 5.10 Å². The summed E-state index contributed by atoms with van der Waals surface area (Å²) < 4.78 is 0. The van der Waals surface area contributed by atoms with Gasteiger partial charge < -0.3 is 10.2 Å². The van der Waals surface area contributed by atoms with E-state index in [0.717, 1.165) is 22.9 Å². The van der Waals surface area contributed by atoms with Crippen molar-refractivity contribution in [2.45, 2.75) is 12.5 Å². The van der Waals surface area contributed by atoms with E-state index in [4.69, 9.17) is 28.3 Å². The number of nitrogens with zero attached hydrogens (tertiary/aromatic N) is 2. The molecule has 0 aliphatic carbocycles. The Bertz CT molecular complexity index is 1160. The van der Waals surface area contributed by atoms with Crippen molar-refractivity contribution in [3.8, 4) is 0 Å². The Morgan fingerprint density at radius 3 is 1.87 bits per heavy atom. The molecule has 1 aliphatic rings. The average Bonchev–Trinajstić information content (AvgIpc) is 3.20. The molecule has 4 rings (SSSR count). The van der Waals surface area contributed by atoms with Crippen LogP contribution in [0, 0.1) is 0 Å². The van der Waals surface area contributed by atoms with Gasteiger partial charge in [0.15, 0.2) is 0 Å². The Morgan fingerprint density at radius 2 is 1.35 bits per heavy atom. The fourth-order valence-electron chi connectivity index (χ4n) is 3.50. The van der Waals surface area contributed by atoms with Gasteiger partial charge in [-0.05, 0) is 53.6 Å². The summed E-state index contributed by atoms with van der Waals surface area (Å²) >= 11 is 12.0. The second kappa shape index (κ2) is 8.41. The number of carboxylic acids is 2. The highest BCUT2D eigenvalue weighted by atomic mass is 35.5. The van der Waals surface area contributed by atoms with Gasteiger partial charge in [0.05, 0.1) is 28.6 Å². The summed E-state index contributed by atoms with van der Waals surface area (Å²) in [5, 5.41) is 26.5. The Kier molecular flexibility index (Phi) is 5.67. The second-order valence-corrected chi connectivity index (χ2v) is 7.92. The Labute approximate surface area is 188 Å².